The van der Waals surface area contributed by atoms with Crippen LogP contribution in [0.25, 0.3) is 0 Å². The van der Waals surface area contributed by atoms with Crippen LogP contribution in [0, 0.1) is 0 Å². The molecule has 11 heavy (non-hydrogen) atoms. The Labute approximate surface area is 66.9 Å². The van der Waals surface area contributed by atoms with E-state index in [0.717, 1.165) is 25.7 Å². The molecule has 2 atom stereocenters. The SMILES string of the molecule is CC(=O)O[C@@H]1CCC[C@@H](N)C1. The molecule has 0 aromatic rings. The van der Waals surface area contributed by atoms with Crippen molar-refractivity contribution >= 4 is 5.97 Å². The van der Waals surface area contributed by atoms with Gasteiger partial charge in [-0.3, -0.25) is 4.79 Å². The number of carbonyl (C=O) groups excluding carboxylic acids is 1. The normalized spacial score (nSPS) is 31.5. The predicted octanol–water partition coefficient (Wildman–Crippen LogP) is 0.819. The summed E-state index contributed by atoms with van der Waals surface area (Å²) in [4.78, 5) is 10.6. The van der Waals surface area contributed by atoms with E-state index in [4.69, 9.17) is 10.5 Å². The van der Waals surface area contributed by atoms with Gasteiger partial charge >= 0.3 is 5.97 Å². The third-order valence-corrected chi connectivity index (χ3v) is 2.00. The number of hydrogen-bond donors (Lipinski definition) is 1. The van der Waals surface area contributed by atoms with E-state index in [1.807, 2.05) is 0 Å². The third-order valence-electron chi connectivity index (χ3n) is 2.00. The highest BCUT2D eigenvalue weighted by atomic mass is 16.5. The van der Waals surface area contributed by atoms with Crippen molar-refractivity contribution in [2.24, 2.45) is 5.73 Å². The van der Waals surface area contributed by atoms with Crippen LogP contribution in [0.5, 0.6) is 0 Å². The molecule has 0 unspecified atom stereocenters. The lowest BCUT2D eigenvalue weighted by molar-refractivity contribution is -0.147. The van der Waals surface area contributed by atoms with E-state index < -0.39 is 0 Å². The summed E-state index contributed by atoms with van der Waals surface area (Å²) in [5, 5.41) is 0. The Morgan fingerprint density at radius 1 is 1.55 bits per heavy atom. The van der Waals surface area contributed by atoms with Crippen molar-refractivity contribution in [2.45, 2.75) is 44.8 Å². The molecule has 0 spiro atoms. The molecule has 0 aromatic heterocycles. The van der Waals surface area contributed by atoms with Crippen LogP contribution < -0.4 is 5.73 Å². The van der Waals surface area contributed by atoms with Crippen LogP contribution >= 0.6 is 0 Å². The van der Waals surface area contributed by atoms with Gasteiger partial charge in [0.2, 0.25) is 0 Å². The fourth-order valence-electron chi connectivity index (χ4n) is 1.52. The van der Waals surface area contributed by atoms with E-state index in [2.05, 4.69) is 0 Å². The molecule has 1 aliphatic carbocycles. The van der Waals surface area contributed by atoms with Gasteiger partial charge in [0.05, 0.1) is 0 Å². The summed E-state index contributed by atoms with van der Waals surface area (Å²) in [7, 11) is 0. The Hall–Kier alpha value is -0.570. The van der Waals surface area contributed by atoms with Crippen LogP contribution in [-0.4, -0.2) is 18.1 Å². The number of carbonyl (C=O) groups is 1. The molecular weight excluding hydrogens is 142 g/mol. The molecular formula is C8H15NO2. The molecule has 3 heteroatoms. The number of hydrogen-bond acceptors (Lipinski definition) is 3. The molecule has 1 saturated carbocycles. The van der Waals surface area contributed by atoms with Gasteiger partial charge in [-0.1, -0.05) is 0 Å². The van der Waals surface area contributed by atoms with Gasteiger partial charge in [0, 0.05) is 13.0 Å². The molecule has 1 aliphatic rings. The van der Waals surface area contributed by atoms with E-state index in [-0.39, 0.29) is 18.1 Å². The van der Waals surface area contributed by atoms with Gasteiger partial charge in [-0.2, -0.15) is 0 Å². The summed E-state index contributed by atoms with van der Waals surface area (Å²) in [6.07, 6.45) is 4.04. The summed E-state index contributed by atoms with van der Waals surface area (Å²) >= 11 is 0. The minimum Gasteiger partial charge on any atom is -0.463 e. The second kappa shape index (κ2) is 3.72. The molecule has 1 fully saturated rings. The summed E-state index contributed by atoms with van der Waals surface area (Å²) in [5.74, 6) is -0.191. The molecule has 0 aliphatic heterocycles. The Morgan fingerprint density at radius 2 is 2.27 bits per heavy atom. The van der Waals surface area contributed by atoms with Gasteiger partial charge in [-0.05, 0) is 25.7 Å². The minimum absolute atomic E-state index is 0.0799. The lowest BCUT2D eigenvalue weighted by Crippen LogP contribution is -2.32. The smallest absolute Gasteiger partial charge is 0.302 e. The highest BCUT2D eigenvalue weighted by Crippen LogP contribution is 2.19. The number of esters is 1. The highest BCUT2D eigenvalue weighted by molar-refractivity contribution is 5.66. The van der Waals surface area contributed by atoms with E-state index in [1.165, 1.54) is 6.92 Å². The van der Waals surface area contributed by atoms with Crippen LogP contribution in [0.2, 0.25) is 0 Å². The van der Waals surface area contributed by atoms with Crippen LogP contribution in [0.4, 0.5) is 0 Å². The zero-order valence-electron chi connectivity index (χ0n) is 6.88. The minimum atomic E-state index is -0.191. The van der Waals surface area contributed by atoms with Crippen molar-refractivity contribution in [2.75, 3.05) is 0 Å². The first-order valence-electron chi connectivity index (χ1n) is 4.11. The number of nitrogens with two attached hydrogens (primary N) is 1. The molecule has 3 nitrogen and oxygen atoms in total. The largest absolute Gasteiger partial charge is 0.463 e. The molecule has 0 amide bonds. The lowest BCUT2D eigenvalue weighted by atomic mass is 9.94. The maximum Gasteiger partial charge on any atom is 0.302 e. The standard InChI is InChI=1S/C8H15NO2/c1-6(10)11-8-4-2-3-7(9)5-8/h7-8H,2-5,9H2,1H3/t7-,8-/m1/s1. The van der Waals surface area contributed by atoms with E-state index in [0.29, 0.717) is 0 Å². The maximum absolute atomic E-state index is 10.6. The van der Waals surface area contributed by atoms with Gasteiger partial charge in [0.1, 0.15) is 6.10 Å². The second-order valence-electron chi connectivity index (χ2n) is 3.16. The monoisotopic (exact) mass is 157 g/mol. The zero-order chi connectivity index (χ0) is 8.27. The Bertz CT molecular complexity index is 147. The lowest BCUT2D eigenvalue weighted by Gasteiger charge is -2.25. The first-order chi connectivity index (χ1) is 5.18. The third kappa shape index (κ3) is 2.89. The fourth-order valence-corrected chi connectivity index (χ4v) is 1.52. The van der Waals surface area contributed by atoms with Crippen molar-refractivity contribution in [3.63, 3.8) is 0 Å². The molecule has 64 valence electrons. The summed E-state index contributed by atoms with van der Waals surface area (Å²) in [5.41, 5.74) is 5.71. The van der Waals surface area contributed by atoms with Crippen LogP contribution in [-0.2, 0) is 9.53 Å². The van der Waals surface area contributed by atoms with Crippen molar-refractivity contribution < 1.29 is 9.53 Å². The van der Waals surface area contributed by atoms with E-state index in [9.17, 15) is 4.79 Å². The summed E-state index contributed by atoms with van der Waals surface area (Å²) in [6, 6.07) is 0.230. The van der Waals surface area contributed by atoms with Crippen LogP contribution in [0.3, 0.4) is 0 Å². The predicted molar refractivity (Wildman–Crippen MR) is 42.0 cm³/mol. The van der Waals surface area contributed by atoms with Gasteiger partial charge < -0.3 is 10.5 Å². The summed E-state index contributed by atoms with van der Waals surface area (Å²) < 4.78 is 5.04. The van der Waals surface area contributed by atoms with Crippen molar-refractivity contribution in [1.29, 1.82) is 0 Å². The van der Waals surface area contributed by atoms with E-state index in [1.54, 1.807) is 0 Å². The van der Waals surface area contributed by atoms with Gasteiger partial charge in [0.15, 0.2) is 0 Å². The molecule has 0 saturated heterocycles. The first-order valence-corrected chi connectivity index (χ1v) is 4.11. The Balaban J connectivity index is 2.28. The molecule has 0 radical (unpaired) electrons. The van der Waals surface area contributed by atoms with Crippen molar-refractivity contribution in [3.05, 3.63) is 0 Å². The topological polar surface area (TPSA) is 52.3 Å². The second-order valence-corrected chi connectivity index (χ2v) is 3.16. The number of ether oxygens (including phenoxy) is 1. The highest BCUT2D eigenvalue weighted by Gasteiger charge is 2.20. The molecule has 0 aromatic carbocycles. The van der Waals surface area contributed by atoms with Crippen molar-refractivity contribution in [3.8, 4) is 0 Å². The average molecular weight is 157 g/mol. The van der Waals surface area contributed by atoms with E-state index >= 15 is 0 Å². The van der Waals surface area contributed by atoms with Gasteiger partial charge in [-0.25, -0.2) is 0 Å². The first kappa shape index (κ1) is 8.53. The van der Waals surface area contributed by atoms with Crippen molar-refractivity contribution in [1.82, 2.24) is 0 Å². The van der Waals surface area contributed by atoms with Gasteiger partial charge in [0.25, 0.3) is 0 Å². The fraction of sp³-hybridized carbons (Fsp3) is 0.875. The molecule has 0 heterocycles. The number of rotatable bonds is 1. The molecule has 0 bridgehead atoms. The average Bonchev–Trinajstić information content (AvgIpc) is 1.85. The zero-order valence-corrected chi connectivity index (χ0v) is 6.88. The Morgan fingerprint density at radius 3 is 2.82 bits per heavy atom. The van der Waals surface area contributed by atoms with Crippen LogP contribution in [0.1, 0.15) is 32.6 Å². The Kier molecular flexibility index (Phi) is 2.88. The quantitative estimate of drug-likeness (QED) is 0.573. The van der Waals surface area contributed by atoms with Gasteiger partial charge in [-0.15, -0.1) is 0 Å². The maximum atomic E-state index is 10.6. The molecule has 2 N–H and O–H groups in total. The van der Waals surface area contributed by atoms with Crippen LogP contribution in [0.15, 0.2) is 0 Å². The molecule has 1 rings (SSSR count). The summed E-state index contributed by atoms with van der Waals surface area (Å²) in [6.45, 7) is 1.44.